The summed E-state index contributed by atoms with van der Waals surface area (Å²) in [7, 11) is -3.90. The number of hydrogen-bond donors (Lipinski definition) is 2. The van der Waals surface area contributed by atoms with Gasteiger partial charge in [-0.15, -0.1) is 0 Å². The van der Waals surface area contributed by atoms with Crippen LogP contribution in [0.25, 0.3) is 6.08 Å². The van der Waals surface area contributed by atoms with Gasteiger partial charge in [0.1, 0.15) is 11.4 Å². The van der Waals surface area contributed by atoms with Gasteiger partial charge < -0.3 is 5.32 Å². The third kappa shape index (κ3) is 7.52. The fourth-order valence-corrected chi connectivity index (χ4v) is 3.46. The third-order valence-corrected chi connectivity index (χ3v) is 4.99. The average Bonchev–Trinajstić information content (AvgIpc) is 2.68. The maximum atomic E-state index is 14.2. The van der Waals surface area contributed by atoms with E-state index in [2.05, 4.69) is 10.3 Å². The van der Waals surface area contributed by atoms with Gasteiger partial charge in [0.25, 0.3) is 0 Å². The van der Waals surface area contributed by atoms with Crippen LogP contribution < -0.4 is 10.0 Å². The molecule has 1 aromatic carbocycles. The fourth-order valence-electron chi connectivity index (χ4n) is 2.89. The summed E-state index contributed by atoms with van der Waals surface area (Å²) in [6.45, 7) is 3.23. The van der Waals surface area contributed by atoms with Crippen LogP contribution in [0.5, 0.6) is 0 Å². The average molecular weight is 491 g/mol. The minimum absolute atomic E-state index is 0.0358. The van der Waals surface area contributed by atoms with Gasteiger partial charge in [-0.05, 0) is 48.7 Å². The molecule has 180 valence electrons. The number of halogens is 5. The molecule has 1 aromatic heterocycles. The van der Waals surface area contributed by atoms with Crippen molar-refractivity contribution in [3.63, 3.8) is 0 Å². The number of alkyl halides is 3. The number of carbonyl (C=O) groups excluding carboxylic acids is 1. The predicted molar refractivity (Wildman–Crippen MR) is 114 cm³/mol. The van der Waals surface area contributed by atoms with Crippen LogP contribution in [-0.2, 0) is 27.4 Å². The second-order valence-electron chi connectivity index (χ2n) is 7.28. The number of nitrogens with one attached hydrogen (secondary N) is 2. The summed E-state index contributed by atoms with van der Waals surface area (Å²) in [5.74, 6) is -2.98. The molecule has 0 aliphatic heterocycles. The van der Waals surface area contributed by atoms with Crippen LogP contribution in [0.1, 0.15) is 48.8 Å². The number of sulfonamides is 1. The van der Waals surface area contributed by atoms with E-state index in [1.807, 2.05) is 0 Å². The van der Waals surface area contributed by atoms with Gasteiger partial charge in [0, 0.05) is 11.8 Å². The van der Waals surface area contributed by atoms with E-state index in [9.17, 15) is 35.2 Å². The first-order valence-electron chi connectivity index (χ1n) is 9.73. The molecule has 0 bridgehead atoms. The summed E-state index contributed by atoms with van der Waals surface area (Å²) in [5, 5.41) is 2.48. The standard InChI is InChI=1S/C21H22F5N3O3S/c1-4-5-17-13(6-8-18(28-17)21(24,25)26)7-9-19(30)27-12(2)14-10-15(22)20(16(23)11-14)29-33(3,31)32/h6-12,29H,4-5H2,1-3H3,(H,27,30)/t12-/m1/s1. The Labute approximate surface area is 188 Å². The summed E-state index contributed by atoms with van der Waals surface area (Å²) in [6, 6.07) is 2.93. The summed E-state index contributed by atoms with van der Waals surface area (Å²) in [4.78, 5) is 15.9. The number of aromatic nitrogens is 1. The zero-order chi connectivity index (χ0) is 25.0. The number of carbonyl (C=O) groups is 1. The molecule has 2 N–H and O–H groups in total. The summed E-state index contributed by atoms with van der Waals surface area (Å²) in [6.07, 6.45) is -0.651. The summed E-state index contributed by atoms with van der Waals surface area (Å²) in [5.41, 5.74) is -1.31. The molecule has 0 unspecified atom stereocenters. The SMILES string of the molecule is CCCc1nc(C(F)(F)F)ccc1C=CC(=O)N[C@H](C)c1cc(F)c(NS(C)(=O)=O)c(F)c1. The molecule has 0 aliphatic carbocycles. The Bertz CT molecular complexity index is 1140. The molecule has 33 heavy (non-hydrogen) atoms. The Morgan fingerprint density at radius 2 is 1.79 bits per heavy atom. The van der Waals surface area contributed by atoms with Crippen molar-refractivity contribution >= 4 is 27.7 Å². The Hall–Kier alpha value is -3.02. The topological polar surface area (TPSA) is 88.2 Å². The Balaban J connectivity index is 2.18. The maximum Gasteiger partial charge on any atom is 0.433 e. The van der Waals surface area contributed by atoms with Crippen molar-refractivity contribution in [1.29, 1.82) is 0 Å². The number of nitrogens with zero attached hydrogens (tertiary/aromatic N) is 1. The van der Waals surface area contributed by atoms with Crippen molar-refractivity contribution in [3.05, 3.63) is 64.5 Å². The van der Waals surface area contributed by atoms with Crippen molar-refractivity contribution in [1.82, 2.24) is 10.3 Å². The molecule has 1 heterocycles. The molecule has 0 radical (unpaired) electrons. The van der Waals surface area contributed by atoms with Gasteiger partial charge in [-0.1, -0.05) is 19.4 Å². The zero-order valence-corrected chi connectivity index (χ0v) is 18.7. The monoisotopic (exact) mass is 491 g/mol. The minimum atomic E-state index is -4.59. The number of pyridine rings is 1. The maximum absolute atomic E-state index is 14.2. The molecular formula is C21H22F5N3O3S. The largest absolute Gasteiger partial charge is 0.433 e. The lowest BCUT2D eigenvalue weighted by atomic mass is 10.1. The predicted octanol–water partition coefficient (Wildman–Crippen LogP) is 4.59. The highest BCUT2D eigenvalue weighted by molar-refractivity contribution is 7.92. The van der Waals surface area contributed by atoms with Crippen LogP contribution >= 0.6 is 0 Å². The second kappa shape index (κ2) is 10.3. The van der Waals surface area contributed by atoms with Crippen molar-refractivity contribution in [3.8, 4) is 0 Å². The van der Waals surface area contributed by atoms with E-state index < -0.39 is 51.2 Å². The van der Waals surface area contributed by atoms with Crippen LogP contribution in [0.3, 0.4) is 0 Å². The van der Waals surface area contributed by atoms with Crippen LogP contribution in [0.15, 0.2) is 30.3 Å². The van der Waals surface area contributed by atoms with Crippen LogP contribution in [0, 0.1) is 11.6 Å². The molecule has 0 fully saturated rings. The first-order valence-corrected chi connectivity index (χ1v) is 11.6. The lowest BCUT2D eigenvalue weighted by Gasteiger charge is -2.15. The van der Waals surface area contributed by atoms with Gasteiger partial charge in [-0.2, -0.15) is 13.2 Å². The number of hydrogen-bond acceptors (Lipinski definition) is 4. The Morgan fingerprint density at radius 1 is 1.18 bits per heavy atom. The molecule has 1 atom stereocenters. The van der Waals surface area contributed by atoms with Crippen molar-refractivity contribution < 1.29 is 35.2 Å². The molecule has 0 saturated heterocycles. The Morgan fingerprint density at radius 3 is 2.30 bits per heavy atom. The van der Waals surface area contributed by atoms with E-state index in [4.69, 9.17) is 0 Å². The van der Waals surface area contributed by atoms with Gasteiger partial charge in [0.2, 0.25) is 15.9 Å². The number of rotatable bonds is 8. The van der Waals surface area contributed by atoms with E-state index in [-0.39, 0.29) is 17.7 Å². The van der Waals surface area contributed by atoms with Crippen molar-refractivity contribution in [2.24, 2.45) is 0 Å². The summed E-state index contributed by atoms with van der Waals surface area (Å²) >= 11 is 0. The third-order valence-electron chi connectivity index (χ3n) is 4.41. The van der Waals surface area contributed by atoms with E-state index in [0.717, 1.165) is 30.5 Å². The highest BCUT2D eigenvalue weighted by Crippen LogP contribution is 2.29. The first kappa shape index (κ1) is 26.2. The Kier molecular flexibility index (Phi) is 8.17. The number of benzene rings is 1. The van der Waals surface area contributed by atoms with Gasteiger partial charge in [0.05, 0.1) is 12.3 Å². The van der Waals surface area contributed by atoms with Crippen molar-refractivity contribution in [2.45, 2.75) is 38.9 Å². The summed E-state index contributed by atoms with van der Waals surface area (Å²) < 4.78 is 91.2. The lowest BCUT2D eigenvalue weighted by molar-refractivity contribution is -0.141. The van der Waals surface area contributed by atoms with Crippen LogP contribution in [0.2, 0.25) is 0 Å². The number of anilines is 1. The molecule has 0 aliphatic rings. The minimum Gasteiger partial charge on any atom is -0.346 e. The molecule has 0 spiro atoms. The normalized spacial score (nSPS) is 13.2. The number of amides is 1. The lowest BCUT2D eigenvalue weighted by Crippen LogP contribution is -2.25. The first-order chi connectivity index (χ1) is 15.2. The van der Waals surface area contributed by atoms with E-state index >= 15 is 0 Å². The highest BCUT2D eigenvalue weighted by Gasteiger charge is 2.32. The second-order valence-corrected chi connectivity index (χ2v) is 9.03. The molecule has 6 nitrogen and oxygen atoms in total. The van der Waals surface area contributed by atoms with Crippen LogP contribution in [0.4, 0.5) is 27.6 Å². The van der Waals surface area contributed by atoms with Crippen molar-refractivity contribution in [2.75, 3.05) is 11.0 Å². The molecule has 2 aromatic rings. The van der Waals surface area contributed by atoms with E-state index in [1.165, 1.54) is 19.1 Å². The highest BCUT2D eigenvalue weighted by atomic mass is 32.2. The number of aryl methyl sites for hydroxylation is 1. The molecule has 0 saturated carbocycles. The smallest absolute Gasteiger partial charge is 0.346 e. The quantitative estimate of drug-likeness (QED) is 0.418. The molecular weight excluding hydrogens is 469 g/mol. The molecule has 1 amide bonds. The van der Waals surface area contributed by atoms with Gasteiger partial charge in [-0.3, -0.25) is 9.52 Å². The zero-order valence-electron chi connectivity index (χ0n) is 17.9. The van der Waals surface area contributed by atoms with Gasteiger partial charge in [0.15, 0.2) is 11.6 Å². The van der Waals surface area contributed by atoms with Gasteiger partial charge in [-0.25, -0.2) is 22.2 Å². The van der Waals surface area contributed by atoms with Gasteiger partial charge >= 0.3 is 6.18 Å². The molecule has 12 heteroatoms. The fraction of sp³-hybridized carbons (Fsp3) is 0.333. The van der Waals surface area contributed by atoms with Crippen LogP contribution in [-0.4, -0.2) is 25.6 Å². The van der Waals surface area contributed by atoms with E-state index in [1.54, 1.807) is 11.6 Å². The molecule has 2 rings (SSSR count). The van der Waals surface area contributed by atoms with E-state index in [0.29, 0.717) is 12.0 Å².